The maximum Gasteiger partial charge on any atom is 0.292 e. The van der Waals surface area contributed by atoms with Gasteiger partial charge in [0.05, 0.1) is 5.54 Å². The quantitative estimate of drug-likeness (QED) is 0.711. The molecule has 1 heterocycles. The molecule has 2 atom stereocenters. The number of halogens is 2. The van der Waals surface area contributed by atoms with E-state index in [0.29, 0.717) is 5.56 Å². The highest BCUT2D eigenvalue weighted by Crippen LogP contribution is 2.54. The van der Waals surface area contributed by atoms with Crippen molar-refractivity contribution in [3.63, 3.8) is 0 Å². The Kier molecular flexibility index (Phi) is 2.55. The molecule has 0 N–H and O–H groups in total. The number of rotatable bonds is 0. The average molecular weight is 253 g/mol. The molecule has 0 saturated heterocycles. The molecule has 0 saturated carbocycles. The molecule has 18 heavy (non-hydrogen) atoms. The second-order valence-electron chi connectivity index (χ2n) is 6.01. The molecule has 98 valence electrons. The van der Waals surface area contributed by atoms with Crippen LogP contribution in [0.2, 0.25) is 0 Å². The molecule has 0 spiro atoms. The highest BCUT2D eigenvalue weighted by atomic mass is 19.3. The Morgan fingerprint density at radius 3 is 2.33 bits per heavy atom. The molecule has 0 amide bonds. The van der Waals surface area contributed by atoms with E-state index < -0.39 is 17.4 Å². The largest absolute Gasteiger partial charge is 0.292 e. The molecule has 0 fully saturated rings. The summed E-state index contributed by atoms with van der Waals surface area (Å²) >= 11 is 0. The van der Waals surface area contributed by atoms with Gasteiger partial charge in [-0.2, -0.15) is 19.1 Å². The van der Waals surface area contributed by atoms with Gasteiger partial charge in [-0.25, -0.2) is 0 Å². The standard InChI is InChI=1S/C13H17F2N3/c1-7-8(2)13(14,15)11-10(7)9(6-16)17-18(11)12(3,4)5/h7-8H,1-5H3/t7-,8+/m0/s1. The number of aromatic nitrogens is 2. The van der Waals surface area contributed by atoms with Crippen molar-refractivity contribution in [3.05, 3.63) is 17.0 Å². The van der Waals surface area contributed by atoms with Crippen LogP contribution in [-0.4, -0.2) is 9.78 Å². The van der Waals surface area contributed by atoms with E-state index in [0.717, 1.165) is 0 Å². The Labute approximate surface area is 105 Å². The number of alkyl halides is 2. The minimum atomic E-state index is -2.93. The molecule has 1 aliphatic carbocycles. The first-order valence-corrected chi connectivity index (χ1v) is 6.04. The highest BCUT2D eigenvalue weighted by Gasteiger charge is 2.55. The monoisotopic (exact) mass is 253 g/mol. The Bertz CT molecular complexity index is 532. The van der Waals surface area contributed by atoms with Crippen LogP contribution in [0.5, 0.6) is 0 Å². The topological polar surface area (TPSA) is 41.6 Å². The minimum Gasteiger partial charge on any atom is -0.257 e. The lowest BCUT2D eigenvalue weighted by Gasteiger charge is -2.26. The fourth-order valence-electron chi connectivity index (χ4n) is 2.53. The van der Waals surface area contributed by atoms with Gasteiger partial charge in [0.25, 0.3) is 5.92 Å². The van der Waals surface area contributed by atoms with Crippen LogP contribution in [0.1, 0.15) is 57.5 Å². The molecule has 3 nitrogen and oxygen atoms in total. The molecule has 0 bridgehead atoms. The van der Waals surface area contributed by atoms with Crippen LogP contribution in [0.25, 0.3) is 0 Å². The zero-order chi connectivity index (χ0) is 13.9. The summed E-state index contributed by atoms with van der Waals surface area (Å²) in [5.74, 6) is -4.07. The van der Waals surface area contributed by atoms with Gasteiger partial charge in [-0.3, -0.25) is 4.68 Å². The first-order chi connectivity index (χ1) is 8.12. The van der Waals surface area contributed by atoms with Crippen LogP contribution in [0, 0.1) is 17.2 Å². The summed E-state index contributed by atoms with van der Waals surface area (Å²) in [6, 6.07) is 1.94. The summed E-state index contributed by atoms with van der Waals surface area (Å²) in [6.45, 7) is 8.69. The molecular formula is C13H17F2N3. The van der Waals surface area contributed by atoms with Gasteiger partial charge in [0.2, 0.25) is 0 Å². The van der Waals surface area contributed by atoms with E-state index in [4.69, 9.17) is 5.26 Å². The predicted octanol–water partition coefficient (Wildman–Crippen LogP) is 3.35. The zero-order valence-corrected chi connectivity index (χ0v) is 11.3. The van der Waals surface area contributed by atoms with Crippen molar-refractivity contribution in [3.8, 4) is 6.07 Å². The van der Waals surface area contributed by atoms with E-state index >= 15 is 0 Å². The average Bonchev–Trinajstić information content (AvgIpc) is 2.72. The second-order valence-corrected chi connectivity index (χ2v) is 6.01. The Hall–Kier alpha value is -1.44. The summed E-state index contributed by atoms with van der Waals surface area (Å²) in [4.78, 5) is 0. The van der Waals surface area contributed by atoms with Crippen LogP contribution in [-0.2, 0) is 11.5 Å². The van der Waals surface area contributed by atoms with E-state index in [1.54, 1.807) is 6.92 Å². The van der Waals surface area contributed by atoms with Crippen molar-refractivity contribution < 1.29 is 8.78 Å². The summed E-state index contributed by atoms with van der Waals surface area (Å²) < 4.78 is 30.0. The van der Waals surface area contributed by atoms with Crippen LogP contribution >= 0.6 is 0 Å². The van der Waals surface area contributed by atoms with Gasteiger partial charge in [-0.05, 0) is 26.7 Å². The molecule has 1 aromatic rings. The van der Waals surface area contributed by atoms with Gasteiger partial charge in [0, 0.05) is 11.5 Å². The molecule has 0 aromatic carbocycles. The normalized spacial score (nSPS) is 25.9. The Morgan fingerprint density at radius 1 is 1.33 bits per heavy atom. The lowest BCUT2D eigenvalue weighted by molar-refractivity contribution is -0.0613. The number of nitriles is 1. The minimum absolute atomic E-state index is 0.0773. The van der Waals surface area contributed by atoms with E-state index in [-0.39, 0.29) is 17.3 Å². The number of fused-ring (bicyclic) bond motifs is 1. The van der Waals surface area contributed by atoms with Crippen molar-refractivity contribution in [2.75, 3.05) is 0 Å². The zero-order valence-electron chi connectivity index (χ0n) is 11.3. The van der Waals surface area contributed by atoms with Crippen molar-refractivity contribution >= 4 is 0 Å². The first-order valence-electron chi connectivity index (χ1n) is 6.04. The molecule has 1 aromatic heterocycles. The van der Waals surface area contributed by atoms with Gasteiger partial charge in [-0.15, -0.1) is 0 Å². The summed E-state index contributed by atoms with van der Waals surface area (Å²) in [5, 5.41) is 13.2. The molecule has 1 aliphatic rings. The van der Waals surface area contributed by atoms with Crippen molar-refractivity contribution in [1.82, 2.24) is 9.78 Å². The number of hydrogen-bond acceptors (Lipinski definition) is 2. The lowest BCUT2D eigenvalue weighted by Crippen LogP contribution is -2.31. The van der Waals surface area contributed by atoms with Crippen LogP contribution < -0.4 is 0 Å². The third-order valence-electron chi connectivity index (χ3n) is 3.76. The van der Waals surface area contributed by atoms with Crippen molar-refractivity contribution in [1.29, 1.82) is 5.26 Å². The van der Waals surface area contributed by atoms with Gasteiger partial charge < -0.3 is 0 Å². The molecule has 5 heteroatoms. The molecule has 0 radical (unpaired) electrons. The van der Waals surface area contributed by atoms with E-state index in [1.807, 2.05) is 26.8 Å². The lowest BCUT2D eigenvalue weighted by atomic mass is 9.94. The fourth-order valence-corrected chi connectivity index (χ4v) is 2.53. The highest BCUT2D eigenvalue weighted by molar-refractivity contribution is 5.45. The van der Waals surface area contributed by atoms with E-state index in [9.17, 15) is 8.78 Å². The van der Waals surface area contributed by atoms with Crippen LogP contribution in [0.15, 0.2) is 0 Å². The number of hydrogen-bond donors (Lipinski definition) is 0. The maximum absolute atomic E-state index is 14.4. The van der Waals surface area contributed by atoms with Gasteiger partial charge in [-0.1, -0.05) is 13.8 Å². The summed E-state index contributed by atoms with van der Waals surface area (Å²) in [7, 11) is 0. The summed E-state index contributed by atoms with van der Waals surface area (Å²) in [6.07, 6.45) is 0. The van der Waals surface area contributed by atoms with Crippen LogP contribution in [0.4, 0.5) is 8.78 Å². The summed E-state index contributed by atoms with van der Waals surface area (Å²) in [5.41, 5.74) is -0.0835. The number of nitrogens with zero attached hydrogens (tertiary/aromatic N) is 3. The predicted molar refractivity (Wildman–Crippen MR) is 63.4 cm³/mol. The third-order valence-corrected chi connectivity index (χ3v) is 3.76. The smallest absolute Gasteiger partial charge is 0.257 e. The molecule has 0 aliphatic heterocycles. The fraction of sp³-hybridized carbons (Fsp3) is 0.692. The van der Waals surface area contributed by atoms with E-state index in [1.165, 1.54) is 11.6 Å². The molecule has 0 unspecified atom stereocenters. The Balaban J connectivity index is 2.79. The van der Waals surface area contributed by atoms with Gasteiger partial charge in [0.1, 0.15) is 11.8 Å². The SMILES string of the molecule is C[C@@H]1c2c(C#N)nn(C(C)(C)C)c2C(F)(F)[C@@H]1C. The first kappa shape index (κ1) is 13.0. The van der Waals surface area contributed by atoms with Gasteiger partial charge >= 0.3 is 0 Å². The molecule has 2 rings (SSSR count). The Morgan fingerprint density at radius 2 is 1.89 bits per heavy atom. The molecular weight excluding hydrogens is 236 g/mol. The van der Waals surface area contributed by atoms with Gasteiger partial charge in [0.15, 0.2) is 5.69 Å². The van der Waals surface area contributed by atoms with Crippen molar-refractivity contribution in [2.45, 2.75) is 52.0 Å². The maximum atomic E-state index is 14.4. The van der Waals surface area contributed by atoms with E-state index in [2.05, 4.69) is 5.10 Å². The second kappa shape index (κ2) is 3.53. The van der Waals surface area contributed by atoms with Crippen LogP contribution in [0.3, 0.4) is 0 Å². The van der Waals surface area contributed by atoms with Crippen molar-refractivity contribution in [2.24, 2.45) is 5.92 Å². The third kappa shape index (κ3) is 1.48.